The van der Waals surface area contributed by atoms with Crippen molar-refractivity contribution in [1.82, 2.24) is 10.2 Å². The summed E-state index contributed by atoms with van der Waals surface area (Å²) in [6.45, 7) is 6.76. The molecule has 0 saturated carbocycles. The average molecular weight is 394 g/mol. The first-order chi connectivity index (χ1) is 14.1. The Bertz CT molecular complexity index is 898. The predicted molar refractivity (Wildman–Crippen MR) is 113 cm³/mol. The van der Waals surface area contributed by atoms with Crippen LogP contribution in [0.25, 0.3) is 0 Å². The van der Waals surface area contributed by atoms with Crippen molar-refractivity contribution in [2.75, 3.05) is 31.1 Å². The van der Waals surface area contributed by atoms with Gasteiger partial charge in [0.1, 0.15) is 5.82 Å². The maximum absolute atomic E-state index is 15.0. The van der Waals surface area contributed by atoms with Gasteiger partial charge in [-0.2, -0.15) is 5.26 Å². The van der Waals surface area contributed by atoms with Gasteiger partial charge < -0.3 is 15.1 Å². The highest BCUT2D eigenvalue weighted by Crippen LogP contribution is 2.36. The maximum Gasteiger partial charge on any atom is 0.255 e. The number of hydrogen-bond donors (Lipinski definition) is 1. The Morgan fingerprint density at radius 3 is 2.48 bits per heavy atom. The van der Waals surface area contributed by atoms with E-state index in [-0.39, 0.29) is 11.9 Å². The molecule has 1 aliphatic heterocycles. The fourth-order valence-electron chi connectivity index (χ4n) is 3.90. The molecule has 152 valence electrons. The van der Waals surface area contributed by atoms with Gasteiger partial charge in [0.05, 0.1) is 28.6 Å². The molecule has 1 amide bonds. The Hall–Kier alpha value is -2.91. The molecule has 2 aromatic carbocycles. The molecule has 1 aliphatic rings. The summed E-state index contributed by atoms with van der Waals surface area (Å²) in [7, 11) is 0. The standard InChI is InChI=1S/C23H27FN4O/c1-3-27(4-2)23(29)19-7-5-6-8-21(19)28(18-11-13-26-14-12-18)22-15-17(16-25)9-10-20(22)24/h5-10,15,18,26H,3-4,11-14H2,1-2H3. The number of carbonyl (C=O) groups excluding carboxylic acids is 1. The molecule has 1 heterocycles. The molecule has 0 aromatic heterocycles. The minimum absolute atomic E-state index is 0.0327. The van der Waals surface area contributed by atoms with Crippen molar-refractivity contribution in [3.8, 4) is 6.07 Å². The van der Waals surface area contributed by atoms with E-state index in [9.17, 15) is 14.4 Å². The van der Waals surface area contributed by atoms with Gasteiger partial charge in [0.15, 0.2) is 0 Å². The van der Waals surface area contributed by atoms with Crippen molar-refractivity contribution in [2.45, 2.75) is 32.7 Å². The summed E-state index contributed by atoms with van der Waals surface area (Å²) in [4.78, 5) is 16.9. The highest BCUT2D eigenvalue weighted by atomic mass is 19.1. The number of para-hydroxylation sites is 1. The smallest absolute Gasteiger partial charge is 0.255 e. The number of nitrogens with one attached hydrogen (secondary N) is 1. The second kappa shape index (κ2) is 9.53. The molecule has 2 aromatic rings. The summed E-state index contributed by atoms with van der Waals surface area (Å²) >= 11 is 0. The lowest BCUT2D eigenvalue weighted by Crippen LogP contribution is -2.42. The molecule has 1 fully saturated rings. The number of carbonyl (C=O) groups is 1. The third kappa shape index (κ3) is 4.41. The lowest BCUT2D eigenvalue weighted by atomic mass is 10.00. The number of piperidine rings is 1. The first-order valence-corrected chi connectivity index (χ1v) is 10.2. The van der Waals surface area contributed by atoms with E-state index in [0.717, 1.165) is 25.9 Å². The molecule has 0 radical (unpaired) electrons. The number of anilines is 2. The first-order valence-electron chi connectivity index (χ1n) is 10.2. The van der Waals surface area contributed by atoms with E-state index in [1.54, 1.807) is 17.0 Å². The van der Waals surface area contributed by atoms with E-state index in [4.69, 9.17) is 0 Å². The zero-order valence-electron chi connectivity index (χ0n) is 17.0. The van der Waals surface area contributed by atoms with Crippen molar-refractivity contribution >= 4 is 17.3 Å². The summed E-state index contributed by atoms with van der Waals surface area (Å²) in [5, 5.41) is 12.7. The predicted octanol–water partition coefficient (Wildman–Crippen LogP) is 4.07. The van der Waals surface area contributed by atoms with Crippen LogP contribution < -0.4 is 10.2 Å². The number of halogens is 1. The Labute approximate surface area is 171 Å². The lowest BCUT2D eigenvalue weighted by Gasteiger charge is -2.38. The molecule has 1 N–H and O–H groups in total. The molecule has 0 spiro atoms. The third-order valence-corrected chi connectivity index (χ3v) is 5.45. The van der Waals surface area contributed by atoms with E-state index in [1.165, 1.54) is 12.1 Å². The van der Waals surface area contributed by atoms with Gasteiger partial charge in [0.25, 0.3) is 5.91 Å². The van der Waals surface area contributed by atoms with Gasteiger partial charge in [-0.25, -0.2) is 4.39 Å². The maximum atomic E-state index is 15.0. The van der Waals surface area contributed by atoms with E-state index >= 15 is 0 Å². The molecular weight excluding hydrogens is 367 g/mol. The van der Waals surface area contributed by atoms with Gasteiger partial charge in [0.2, 0.25) is 0 Å². The first kappa shape index (κ1) is 20.8. The zero-order valence-corrected chi connectivity index (χ0v) is 17.0. The number of nitriles is 1. The van der Waals surface area contributed by atoms with Gasteiger partial charge in [-0.05, 0) is 70.1 Å². The fraction of sp³-hybridized carbons (Fsp3) is 0.391. The lowest BCUT2D eigenvalue weighted by molar-refractivity contribution is 0.0773. The Morgan fingerprint density at radius 1 is 1.14 bits per heavy atom. The summed E-state index contributed by atoms with van der Waals surface area (Å²) in [5.41, 5.74) is 1.98. The molecule has 5 nitrogen and oxygen atoms in total. The van der Waals surface area contributed by atoms with Gasteiger partial charge in [0, 0.05) is 19.1 Å². The van der Waals surface area contributed by atoms with Crippen LogP contribution in [0.5, 0.6) is 0 Å². The van der Waals surface area contributed by atoms with Crippen molar-refractivity contribution < 1.29 is 9.18 Å². The molecule has 0 unspecified atom stereocenters. The second-order valence-electron chi connectivity index (χ2n) is 7.12. The van der Waals surface area contributed by atoms with Crippen molar-refractivity contribution in [1.29, 1.82) is 5.26 Å². The van der Waals surface area contributed by atoms with E-state index < -0.39 is 5.82 Å². The summed E-state index contributed by atoms with van der Waals surface area (Å²) in [6, 6.07) is 13.9. The number of amides is 1. The van der Waals surface area contributed by atoms with Gasteiger partial charge in [-0.3, -0.25) is 4.79 Å². The van der Waals surface area contributed by atoms with Gasteiger partial charge in [-0.1, -0.05) is 12.1 Å². The third-order valence-electron chi connectivity index (χ3n) is 5.45. The van der Waals surface area contributed by atoms with Crippen molar-refractivity contribution in [2.24, 2.45) is 0 Å². The van der Waals surface area contributed by atoms with Gasteiger partial charge >= 0.3 is 0 Å². The Morgan fingerprint density at radius 2 is 1.83 bits per heavy atom. The largest absolute Gasteiger partial charge is 0.339 e. The molecule has 29 heavy (non-hydrogen) atoms. The van der Waals surface area contributed by atoms with Crippen LogP contribution in [0.1, 0.15) is 42.6 Å². The number of nitrogens with zero attached hydrogens (tertiary/aromatic N) is 3. The van der Waals surface area contributed by atoms with Crippen LogP contribution in [-0.2, 0) is 0 Å². The number of benzene rings is 2. The van der Waals surface area contributed by atoms with Crippen LogP contribution in [0.4, 0.5) is 15.8 Å². The highest BCUT2D eigenvalue weighted by molar-refractivity contribution is 6.00. The van der Waals surface area contributed by atoms with Crippen LogP contribution in [-0.4, -0.2) is 43.0 Å². The molecule has 3 rings (SSSR count). The van der Waals surface area contributed by atoms with Crippen LogP contribution in [0.2, 0.25) is 0 Å². The quantitative estimate of drug-likeness (QED) is 0.802. The Kier molecular flexibility index (Phi) is 6.84. The van der Waals surface area contributed by atoms with Crippen LogP contribution >= 0.6 is 0 Å². The average Bonchev–Trinajstić information content (AvgIpc) is 2.77. The zero-order chi connectivity index (χ0) is 20.8. The fourth-order valence-corrected chi connectivity index (χ4v) is 3.90. The van der Waals surface area contributed by atoms with Crippen molar-refractivity contribution in [3.63, 3.8) is 0 Å². The minimum Gasteiger partial charge on any atom is -0.339 e. The van der Waals surface area contributed by atoms with Crippen LogP contribution in [0.15, 0.2) is 42.5 Å². The monoisotopic (exact) mass is 394 g/mol. The SMILES string of the molecule is CCN(CC)C(=O)c1ccccc1N(c1cc(C#N)ccc1F)C1CCNCC1. The number of hydrogen-bond acceptors (Lipinski definition) is 4. The molecule has 0 bridgehead atoms. The number of rotatable bonds is 6. The van der Waals surface area contributed by atoms with Gasteiger partial charge in [-0.15, -0.1) is 0 Å². The topological polar surface area (TPSA) is 59.4 Å². The molecule has 0 atom stereocenters. The second-order valence-corrected chi connectivity index (χ2v) is 7.12. The van der Waals surface area contributed by atoms with Crippen molar-refractivity contribution in [3.05, 3.63) is 59.4 Å². The Balaban J connectivity index is 2.16. The van der Waals surface area contributed by atoms with Crippen LogP contribution in [0.3, 0.4) is 0 Å². The molecule has 0 aliphatic carbocycles. The highest BCUT2D eigenvalue weighted by Gasteiger charge is 2.29. The summed E-state index contributed by atoms with van der Waals surface area (Å²) in [5.74, 6) is -0.464. The van der Waals surface area contributed by atoms with E-state index in [0.29, 0.717) is 35.6 Å². The van der Waals surface area contributed by atoms with Crippen LogP contribution in [0, 0.1) is 17.1 Å². The van der Waals surface area contributed by atoms with E-state index in [1.807, 2.05) is 36.9 Å². The van der Waals surface area contributed by atoms with E-state index in [2.05, 4.69) is 11.4 Å². The summed E-state index contributed by atoms with van der Waals surface area (Å²) < 4.78 is 15.0. The minimum atomic E-state index is -0.396. The molecular formula is C23H27FN4O. The normalized spacial score (nSPS) is 14.3. The molecule has 6 heteroatoms. The summed E-state index contributed by atoms with van der Waals surface area (Å²) in [6.07, 6.45) is 1.65. The molecule has 1 saturated heterocycles.